The fourth-order valence-corrected chi connectivity index (χ4v) is 2.45. The van der Waals surface area contributed by atoms with Gasteiger partial charge in [-0.1, -0.05) is 12.1 Å². The van der Waals surface area contributed by atoms with E-state index in [4.69, 9.17) is 14.6 Å². The molecule has 2 rings (SSSR count). The van der Waals surface area contributed by atoms with Crippen LogP contribution in [0.3, 0.4) is 0 Å². The summed E-state index contributed by atoms with van der Waals surface area (Å²) in [5.41, 5.74) is 2.33. The van der Waals surface area contributed by atoms with Crippen molar-refractivity contribution in [3.8, 4) is 11.5 Å². The van der Waals surface area contributed by atoms with Crippen LogP contribution in [0.25, 0.3) is 5.57 Å². The van der Waals surface area contributed by atoms with Gasteiger partial charge < -0.3 is 14.6 Å². The van der Waals surface area contributed by atoms with E-state index in [1.54, 1.807) is 7.11 Å². The van der Waals surface area contributed by atoms with Crippen LogP contribution in [0.15, 0.2) is 24.3 Å². The van der Waals surface area contributed by atoms with Gasteiger partial charge in [0.2, 0.25) is 0 Å². The molecule has 0 radical (unpaired) electrons. The molecule has 0 unspecified atom stereocenters. The topological polar surface area (TPSA) is 59.0 Å². The molecule has 0 amide bonds. The summed E-state index contributed by atoms with van der Waals surface area (Å²) in [7, 11) is 1.63. The highest BCUT2D eigenvalue weighted by Gasteiger charge is 2.16. The summed E-state index contributed by atoms with van der Waals surface area (Å²) in [6, 6.07) is 5.91. The van der Waals surface area contributed by atoms with E-state index in [-0.39, 0.29) is 6.54 Å². The molecule has 1 heterocycles. The molecule has 1 aromatic carbocycles. The Balaban J connectivity index is 2.13. The van der Waals surface area contributed by atoms with Crippen LogP contribution in [0.5, 0.6) is 11.5 Å². The second kappa shape index (κ2) is 7.13. The Morgan fingerprint density at radius 3 is 2.76 bits per heavy atom. The quantitative estimate of drug-likeness (QED) is 0.871. The lowest BCUT2D eigenvalue weighted by molar-refractivity contribution is -0.138. The van der Waals surface area contributed by atoms with E-state index in [2.05, 4.69) is 6.08 Å². The fourth-order valence-electron chi connectivity index (χ4n) is 2.45. The molecule has 0 aromatic heterocycles. The van der Waals surface area contributed by atoms with Crippen LogP contribution in [0.1, 0.15) is 18.9 Å². The maximum atomic E-state index is 10.7. The summed E-state index contributed by atoms with van der Waals surface area (Å²) in [6.45, 7) is 4.05. The monoisotopic (exact) mass is 291 g/mol. The minimum absolute atomic E-state index is 0.0938. The van der Waals surface area contributed by atoms with Gasteiger partial charge in [0.05, 0.1) is 20.3 Å². The average molecular weight is 291 g/mol. The van der Waals surface area contributed by atoms with Gasteiger partial charge in [0.15, 0.2) is 11.5 Å². The summed E-state index contributed by atoms with van der Waals surface area (Å²) in [6.07, 6.45) is 2.93. The van der Waals surface area contributed by atoms with E-state index in [0.29, 0.717) is 13.2 Å². The second-order valence-electron chi connectivity index (χ2n) is 4.91. The van der Waals surface area contributed by atoms with Crippen LogP contribution >= 0.6 is 0 Å². The number of carbonyl (C=O) groups is 1. The van der Waals surface area contributed by atoms with Crippen molar-refractivity contribution in [1.29, 1.82) is 0 Å². The Morgan fingerprint density at radius 1 is 1.38 bits per heavy atom. The third kappa shape index (κ3) is 3.98. The molecular formula is C16H21NO4. The molecule has 0 fully saturated rings. The minimum atomic E-state index is -0.782. The van der Waals surface area contributed by atoms with Crippen LogP contribution < -0.4 is 9.47 Å². The van der Waals surface area contributed by atoms with Crippen molar-refractivity contribution in [1.82, 2.24) is 4.90 Å². The van der Waals surface area contributed by atoms with Crippen molar-refractivity contribution < 1.29 is 19.4 Å². The Kier molecular flexibility index (Phi) is 5.22. The number of rotatable bonds is 6. The van der Waals surface area contributed by atoms with Gasteiger partial charge in [-0.25, -0.2) is 0 Å². The van der Waals surface area contributed by atoms with Gasteiger partial charge in [0.1, 0.15) is 0 Å². The first-order valence-electron chi connectivity index (χ1n) is 7.08. The third-order valence-electron chi connectivity index (χ3n) is 3.49. The normalized spacial score (nSPS) is 15.4. The summed E-state index contributed by atoms with van der Waals surface area (Å²) in [5.74, 6) is 0.686. The molecule has 0 aliphatic carbocycles. The maximum Gasteiger partial charge on any atom is 0.317 e. The molecule has 114 valence electrons. The van der Waals surface area contributed by atoms with Crippen LogP contribution in [0.4, 0.5) is 0 Å². The Labute approximate surface area is 124 Å². The van der Waals surface area contributed by atoms with Gasteiger partial charge in [-0.15, -0.1) is 0 Å². The first kappa shape index (κ1) is 15.4. The molecule has 5 heteroatoms. The van der Waals surface area contributed by atoms with Crippen LogP contribution in [0.2, 0.25) is 0 Å². The predicted molar refractivity (Wildman–Crippen MR) is 80.8 cm³/mol. The van der Waals surface area contributed by atoms with Crippen molar-refractivity contribution in [3.05, 3.63) is 29.8 Å². The highest BCUT2D eigenvalue weighted by atomic mass is 16.5. The van der Waals surface area contributed by atoms with E-state index in [1.807, 2.05) is 30.0 Å². The lowest BCUT2D eigenvalue weighted by Gasteiger charge is -2.25. The lowest BCUT2D eigenvalue weighted by atomic mass is 9.99. The first-order chi connectivity index (χ1) is 10.1. The van der Waals surface area contributed by atoms with E-state index in [1.165, 1.54) is 5.57 Å². The van der Waals surface area contributed by atoms with Gasteiger partial charge in [-0.3, -0.25) is 9.69 Å². The number of aliphatic carboxylic acids is 1. The van der Waals surface area contributed by atoms with Crippen molar-refractivity contribution in [2.75, 3.05) is 33.4 Å². The molecule has 0 saturated heterocycles. The molecule has 1 aliphatic rings. The smallest absolute Gasteiger partial charge is 0.317 e. The number of hydrogen-bond acceptors (Lipinski definition) is 4. The minimum Gasteiger partial charge on any atom is -0.493 e. The highest BCUT2D eigenvalue weighted by molar-refractivity contribution is 5.71. The maximum absolute atomic E-state index is 10.7. The zero-order valence-electron chi connectivity index (χ0n) is 12.5. The molecule has 1 N–H and O–H groups in total. The molecule has 21 heavy (non-hydrogen) atoms. The second-order valence-corrected chi connectivity index (χ2v) is 4.91. The lowest BCUT2D eigenvalue weighted by Crippen LogP contribution is -2.33. The van der Waals surface area contributed by atoms with Crippen molar-refractivity contribution in [2.45, 2.75) is 13.3 Å². The number of nitrogens with zero attached hydrogens (tertiary/aromatic N) is 1. The van der Waals surface area contributed by atoms with E-state index in [9.17, 15) is 4.79 Å². The van der Waals surface area contributed by atoms with Gasteiger partial charge in [-0.2, -0.15) is 0 Å². The number of hydrogen-bond donors (Lipinski definition) is 1. The molecule has 0 saturated carbocycles. The van der Waals surface area contributed by atoms with Crippen LogP contribution in [0, 0.1) is 0 Å². The Hall–Kier alpha value is -2.01. The molecule has 1 aliphatic heterocycles. The number of carboxylic acid groups (broad SMARTS) is 1. The third-order valence-corrected chi connectivity index (χ3v) is 3.49. The van der Waals surface area contributed by atoms with Gasteiger partial charge in [0, 0.05) is 13.1 Å². The highest BCUT2D eigenvalue weighted by Crippen LogP contribution is 2.32. The van der Waals surface area contributed by atoms with E-state index >= 15 is 0 Å². The summed E-state index contributed by atoms with van der Waals surface area (Å²) >= 11 is 0. The molecule has 5 nitrogen and oxygen atoms in total. The SMILES string of the molecule is CCOc1cc(C2=CCN(CC(=O)O)CC2)ccc1OC. The zero-order chi connectivity index (χ0) is 15.2. The number of benzene rings is 1. The molecule has 0 bridgehead atoms. The zero-order valence-corrected chi connectivity index (χ0v) is 12.5. The van der Waals surface area contributed by atoms with Gasteiger partial charge in [0.25, 0.3) is 0 Å². The Morgan fingerprint density at radius 2 is 2.19 bits per heavy atom. The number of ether oxygens (including phenoxy) is 2. The Bertz CT molecular complexity index is 539. The average Bonchev–Trinajstić information content (AvgIpc) is 2.48. The standard InChI is InChI=1S/C16H21NO4/c1-3-21-15-10-13(4-5-14(15)20-2)12-6-8-17(9-7-12)11-16(18)19/h4-6,10H,3,7-9,11H2,1-2H3,(H,18,19). The van der Waals surface area contributed by atoms with Crippen molar-refractivity contribution in [3.63, 3.8) is 0 Å². The number of methoxy groups -OCH3 is 1. The summed E-state index contributed by atoms with van der Waals surface area (Å²) in [5, 5.41) is 8.81. The fraction of sp³-hybridized carbons (Fsp3) is 0.438. The van der Waals surface area contributed by atoms with Crippen molar-refractivity contribution in [2.24, 2.45) is 0 Å². The summed E-state index contributed by atoms with van der Waals surface area (Å²) in [4.78, 5) is 12.6. The largest absolute Gasteiger partial charge is 0.493 e. The molecule has 0 spiro atoms. The predicted octanol–water partition coefficient (Wildman–Crippen LogP) is 2.27. The number of carboxylic acids is 1. The first-order valence-corrected chi connectivity index (χ1v) is 7.08. The van der Waals surface area contributed by atoms with E-state index in [0.717, 1.165) is 30.0 Å². The van der Waals surface area contributed by atoms with Gasteiger partial charge in [-0.05, 0) is 36.6 Å². The molecule has 0 atom stereocenters. The van der Waals surface area contributed by atoms with Crippen LogP contribution in [-0.2, 0) is 4.79 Å². The van der Waals surface area contributed by atoms with Gasteiger partial charge >= 0.3 is 5.97 Å². The summed E-state index contributed by atoms with van der Waals surface area (Å²) < 4.78 is 10.9. The molecular weight excluding hydrogens is 270 g/mol. The van der Waals surface area contributed by atoms with Crippen molar-refractivity contribution >= 4 is 11.5 Å². The molecule has 1 aromatic rings. The van der Waals surface area contributed by atoms with Crippen LogP contribution in [-0.4, -0.2) is 49.3 Å². The van der Waals surface area contributed by atoms with E-state index < -0.39 is 5.97 Å².